The molecule has 1 fully saturated rings. The molecule has 16 aromatic rings. The van der Waals surface area contributed by atoms with Gasteiger partial charge in [-0.3, -0.25) is 4.79 Å². The zero-order valence-electron chi connectivity index (χ0n) is 64.0. The molecule has 1 spiro atoms. The Labute approximate surface area is 674 Å². The lowest BCUT2D eigenvalue weighted by Gasteiger charge is -2.38. The molecule has 0 atom stereocenters. The summed E-state index contributed by atoms with van der Waals surface area (Å²) in [4.78, 5) is 19.9. The van der Waals surface area contributed by atoms with Gasteiger partial charge in [-0.05, 0) is 272 Å². The molecule has 0 bridgehead atoms. The highest BCUT2D eigenvalue weighted by Crippen LogP contribution is 2.63. The van der Waals surface area contributed by atoms with Crippen LogP contribution in [0, 0.1) is 0 Å². The molecule has 574 valence electrons. The van der Waals surface area contributed by atoms with Gasteiger partial charge < -0.3 is 78.5 Å². The number of pyridine rings is 1. The largest absolute Gasteiger partial charge is 0.436 e. The van der Waals surface area contributed by atoms with Crippen LogP contribution >= 0.6 is 0 Å². The van der Waals surface area contributed by atoms with Gasteiger partial charge in [0.2, 0.25) is 5.89 Å². The van der Waals surface area contributed by atoms with Crippen molar-refractivity contribution in [1.29, 1.82) is 0 Å². The first-order valence-electron chi connectivity index (χ1n) is 38.4. The summed E-state index contributed by atoms with van der Waals surface area (Å²) in [7, 11) is 0. The summed E-state index contributed by atoms with van der Waals surface area (Å²) in [6.45, 7) is 0. The number of rotatable bonds is 7. The third-order valence-electron chi connectivity index (χ3n) is 22.1. The summed E-state index contributed by atoms with van der Waals surface area (Å²) in [5, 5.41) is 2.77. The fourth-order valence-corrected chi connectivity index (χ4v) is 16.7. The summed E-state index contributed by atoms with van der Waals surface area (Å²) in [5.41, 5.74) is 101. The van der Waals surface area contributed by atoms with E-state index in [0.29, 0.717) is 57.0 Å². The Kier molecular flexibility index (Phi) is 21.4. The molecule has 0 unspecified atom stereocenters. The number of hydrogen-bond acceptors (Lipinski definition) is 16. The standard InChI is InChI=1S/C25H18N2.C25H20N2.C18H22N2.C13H11N3O.C13H13N3O.C5H7N3/c26-15-9-11-19-20-12-10-16(27)14-24(20)25(23(19)13-15)21-7-3-1-5-17(21)18-6-2-4-8-22(18)25;26-19-13-9-17(10-14-19)25(18-11-15-20(27)16-12-18)23-7-3-1-5-21(23)22-6-2-4-8-24(22)25;19-16-8-4-14(5-9-16)18(12-2-1-3-13-18)15-6-10-17(20)11-7-15;14-9-3-1-8(2-4-9)13-16-11-6-5-10(15)7-12(11)17-13;14-10-3-1-9(2-4-10)13(17)16-12-7-5-11(15)6-8-12;6-4-1-2-5(7)8-3-4/h1-14H,26-27H2;1-16H,26-27H2;4-11H,1-3,12-13,19-20H2;1-7H,14-15H2;1-8H,14-15H2,(H,16,17);1-3H,6H2,(H2,7,8). The number of nitrogens with zero attached hydrogens (tertiary/aromatic N) is 2. The molecular weight excluding hydrogens is 1430 g/mol. The number of amides is 1. The van der Waals surface area contributed by atoms with Gasteiger partial charge in [-0.15, -0.1) is 0 Å². The lowest BCUT2D eigenvalue weighted by Crippen LogP contribution is -2.30. The summed E-state index contributed by atoms with van der Waals surface area (Å²) in [5.74, 6) is 0.902. The highest BCUT2D eigenvalue weighted by atomic mass is 16.3. The first-order chi connectivity index (χ1) is 56.3. The monoisotopic (exact) mass is 1520 g/mol. The molecule has 20 rings (SSSR count). The van der Waals surface area contributed by atoms with Gasteiger partial charge >= 0.3 is 0 Å². The third kappa shape index (κ3) is 15.1. The van der Waals surface area contributed by atoms with Crippen molar-refractivity contribution in [2.75, 3.05) is 74.1 Å². The van der Waals surface area contributed by atoms with Crippen molar-refractivity contribution in [3.05, 3.63) is 401 Å². The maximum absolute atomic E-state index is 11.8. The number of nitrogens with one attached hydrogen (secondary N) is 1. The number of carbonyl (C=O) groups excluding carboxylic acids is 1. The van der Waals surface area contributed by atoms with Crippen LogP contribution in [0.2, 0.25) is 0 Å². The van der Waals surface area contributed by atoms with Crippen molar-refractivity contribution in [3.63, 3.8) is 0 Å². The minimum absolute atomic E-state index is 0.139. The lowest BCUT2D eigenvalue weighted by atomic mass is 9.65. The van der Waals surface area contributed by atoms with E-state index < -0.39 is 0 Å². The number of hydrogen-bond donors (Lipinski definition) is 13. The van der Waals surface area contributed by atoms with Gasteiger partial charge in [0.15, 0.2) is 5.58 Å². The third-order valence-corrected chi connectivity index (χ3v) is 22.1. The second kappa shape index (κ2) is 32.6. The molecule has 17 heteroatoms. The number of fused-ring (bicyclic) bond motifs is 14. The molecule has 1 saturated carbocycles. The predicted molar refractivity (Wildman–Crippen MR) is 481 cm³/mol. The molecule has 0 aliphatic heterocycles. The second-order valence-corrected chi connectivity index (χ2v) is 29.5. The Morgan fingerprint density at radius 3 is 1.07 bits per heavy atom. The Bertz CT molecular complexity index is 5910. The van der Waals surface area contributed by atoms with Gasteiger partial charge in [-0.2, -0.15) is 0 Å². The maximum atomic E-state index is 11.8. The van der Waals surface area contributed by atoms with Gasteiger partial charge in [-0.1, -0.05) is 177 Å². The van der Waals surface area contributed by atoms with Crippen LogP contribution in [0.1, 0.15) is 98.1 Å². The van der Waals surface area contributed by atoms with Crippen LogP contribution in [-0.2, 0) is 16.2 Å². The average molecular weight is 1520 g/mol. The summed E-state index contributed by atoms with van der Waals surface area (Å²) in [6.07, 6.45) is 7.85. The minimum Gasteiger partial charge on any atom is -0.436 e. The SMILES string of the molecule is Nc1ccc(-c2nc3ccc(N)cc3o2)cc1.Nc1ccc(C2(c3ccc(N)cc3)CCCCC2)cc1.Nc1ccc(C2(c3ccc(N)cc3)c3ccccc3-c3ccccc32)cc1.Nc1ccc(N)nc1.Nc1ccc(NC(=O)c2ccc(N)cc2)cc1.Nc1ccc2c(c1)C1(c3ccccc3-c3ccccc31)c1cc(N)ccc1-2. The fraction of sp³-hybridized carbons (Fsp3) is 0.0808. The second-order valence-electron chi connectivity index (χ2n) is 29.5. The van der Waals surface area contributed by atoms with Crippen molar-refractivity contribution in [2.24, 2.45) is 0 Å². The number of benzene rings is 14. The molecule has 2 aromatic heterocycles. The normalized spacial score (nSPS) is 13.3. The van der Waals surface area contributed by atoms with Gasteiger partial charge in [0.05, 0.1) is 22.7 Å². The highest BCUT2D eigenvalue weighted by Gasteiger charge is 2.52. The van der Waals surface area contributed by atoms with E-state index in [1.807, 2.05) is 91.0 Å². The van der Waals surface area contributed by atoms with Crippen LogP contribution in [0.4, 0.5) is 74.1 Å². The molecule has 0 saturated heterocycles. The topological polar surface area (TPSA) is 380 Å². The Morgan fingerprint density at radius 2 is 0.655 bits per heavy atom. The minimum atomic E-state index is -0.380. The van der Waals surface area contributed by atoms with Gasteiger partial charge in [0.25, 0.3) is 5.91 Å². The van der Waals surface area contributed by atoms with Crippen molar-refractivity contribution in [3.8, 4) is 44.8 Å². The zero-order valence-corrected chi connectivity index (χ0v) is 64.0. The zero-order chi connectivity index (χ0) is 80.7. The van der Waals surface area contributed by atoms with E-state index in [4.69, 9.17) is 73.2 Å². The van der Waals surface area contributed by atoms with E-state index in [9.17, 15) is 4.79 Å². The number of aromatic nitrogens is 2. The van der Waals surface area contributed by atoms with Crippen LogP contribution in [0.15, 0.2) is 344 Å². The summed E-state index contributed by atoms with van der Waals surface area (Å²) in [6, 6.07) is 111. The van der Waals surface area contributed by atoms with Crippen molar-refractivity contribution >= 4 is 91.1 Å². The van der Waals surface area contributed by atoms with Crippen LogP contribution in [0.25, 0.3) is 55.9 Å². The average Bonchev–Trinajstić information content (AvgIpc) is 1.51. The number of nitrogen functional groups attached to an aromatic ring is 12. The first kappa shape index (κ1) is 76.2. The predicted octanol–water partition coefficient (Wildman–Crippen LogP) is 19.5. The van der Waals surface area contributed by atoms with Crippen molar-refractivity contribution in [2.45, 2.75) is 48.3 Å². The molecule has 1 amide bonds. The van der Waals surface area contributed by atoms with Gasteiger partial charge in [0.1, 0.15) is 11.3 Å². The van der Waals surface area contributed by atoms with E-state index in [-0.39, 0.29) is 22.2 Å². The molecule has 116 heavy (non-hydrogen) atoms. The van der Waals surface area contributed by atoms with Crippen molar-refractivity contribution in [1.82, 2.24) is 9.97 Å². The van der Waals surface area contributed by atoms with E-state index in [1.165, 1.54) is 127 Å². The van der Waals surface area contributed by atoms with E-state index in [0.717, 1.165) is 45.2 Å². The van der Waals surface area contributed by atoms with E-state index >= 15 is 0 Å². The van der Waals surface area contributed by atoms with Crippen LogP contribution in [-0.4, -0.2) is 15.9 Å². The molecular formula is C99H91N15O2. The van der Waals surface area contributed by atoms with Crippen LogP contribution < -0.4 is 74.1 Å². The lowest BCUT2D eigenvalue weighted by molar-refractivity contribution is 0.102. The quantitative estimate of drug-likeness (QED) is 0.0659. The number of nitrogens with two attached hydrogens (primary N) is 12. The molecule has 14 aromatic carbocycles. The van der Waals surface area contributed by atoms with Gasteiger partial charge in [-0.25, -0.2) is 9.97 Å². The molecule has 25 N–H and O–H groups in total. The summed E-state index contributed by atoms with van der Waals surface area (Å²) >= 11 is 0. The molecule has 0 radical (unpaired) electrons. The van der Waals surface area contributed by atoms with Crippen LogP contribution in [0.3, 0.4) is 0 Å². The van der Waals surface area contributed by atoms with E-state index in [1.54, 1.807) is 72.8 Å². The number of oxazole rings is 1. The summed E-state index contributed by atoms with van der Waals surface area (Å²) < 4.78 is 5.64. The Balaban J connectivity index is 0.000000113. The highest BCUT2D eigenvalue weighted by molar-refractivity contribution is 6.04. The molecule has 4 aliphatic rings. The van der Waals surface area contributed by atoms with Crippen LogP contribution in [0.5, 0.6) is 0 Å². The van der Waals surface area contributed by atoms with Gasteiger partial charge in [0, 0.05) is 85.2 Å². The molecule has 4 aliphatic carbocycles. The van der Waals surface area contributed by atoms with Crippen molar-refractivity contribution < 1.29 is 9.21 Å². The first-order valence-corrected chi connectivity index (χ1v) is 38.4. The number of carbonyl (C=O) groups is 1. The Morgan fingerprint density at radius 1 is 0.310 bits per heavy atom. The molecule has 17 nitrogen and oxygen atoms in total. The number of anilines is 13. The fourth-order valence-electron chi connectivity index (χ4n) is 16.7. The van der Waals surface area contributed by atoms with E-state index in [2.05, 4.69) is 185 Å². The maximum Gasteiger partial charge on any atom is 0.255 e. The molecule has 2 heterocycles. The smallest absolute Gasteiger partial charge is 0.255 e. The Hall–Kier alpha value is -15.2.